The Morgan fingerprint density at radius 3 is 2.55 bits per heavy atom. The minimum atomic E-state index is -0.461. The predicted octanol–water partition coefficient (Wildman–Crippen LogP) is 4.63. The molecule has 1 aromatic heterocycles. The van der Waals surface area contributed by atoms with Gasteiger partial charge in [-0.3, -0.25) is 14.7 Å². The number of rotatable bonds is 5. The van der Waals surface area contributed by atoms with Crippen LogP contribution in [0.25, 0.3) is 10.9 Å². The molecule has 0 unspecified atom stereocenters. The van der Waals surface area contributed by atoms with Crippen molar-refractivity contribution in [1.29, 1.82) is 0 Å². The number of hydrogen-bond acceptors (Lipinski definition) is 4. The first-order valence-electron chi connectivity index (χ1n) is 11.8. The highest BCUT2D eigenvalue weighted by atomic mass is 19.1. The Kier molecular flexibility index (Phi) is 5.57. The summed E-state index contributed by atoms with van der Waals surface area (Å²) in [6.07, 6.45) is 3.28. The number of halogens is 1. The van der Waals surface area contributed by atoms with E-state index in [4.69, 9.17) is 0 Å². The highest BCUT2D eigenvalue weighted by Crippen LogP contribution is 2.48. The second kappa shape index (κ2) is 8.41. The van der Waals surface area contributed by atoms with Crippen LogP contribution in [-0.4, -0.2) is 48.0 Å². The molecular formula is C27H31FN4O. The Balaban J connectivity index is 1.39. The summed E-state index contributed by atoms with van der Waals surface area (Å²) in [5.41, 5.74) is 3.59. The second-order valence-corrected chi connectivity index (χ2v) is 9.65. The van der Waals surface area contributed by atoms with Crippen LogP contribution < -0.4 is 10.2 Å². The third-order valence-electron chi connectivity index (χ3n) is 7.21. The molecule has 6 heteroatoms. The number of pyridine rings is 1. The lowest BCUT2D eigenvalue weighted by Crippen LogP contribution is -2.49. The Bertz CT molecular complexity index is 1200. The zero-order valence-corrected chi connectivity index (χ0v) is 19.6. The lowest BCUT2D eigenvalue weighted by molar-refractivity contribution is 0.0930. The summed E-state index contributed by atoms with van der Waals surface area (Å²) < 4.78 is 14.3. The van der Waals surface area contributed by atoms with Gasteiger partial charge < -0.3 is 10.2 Å². The number of amides is 1. The van der Waals surface area contributed by atoms with E-state index in [1.54, 1.807) is 12.3 Å². The van der Waals surface area contributed by atoms with Crippen molar-refractivity contribution in [2.45, 2.75) is 45.2 Å². The van der Waals surface area contributed by atoms with Gasteiger partial charge in [0.2, 0.25) is 0 Å². The van der Waals surface area contributed by atoms with E-state index in [9.17, 15) is 9.18 Å². The largest absolute Gasteiger partial charge is 0.369 e. The number of fused-ring (bicyclic) bond motifs is 1. The average molecular weight is 447 g/mol. The molecule has 5 nitrogen and oxygen atoms in total. The molecule has 1 aliphatic heterocycles. The van der Waals surface area contributed by atoms with Crippen LogP contribution in [-0.2, 0) is 5.54 Å². The molecule has 0 atom stereocenters. The van der Waals surface area contributed by atoms with Crippen molar-refractivity contribution in [3.63, 3.8) is 0 Å². The van der Waals surface area contributed by atoms with E-state index < -0.39 is 5.54 Å². The van der Waals surface area contributed by atoms with Gasteiger partial charge in [-0.05, 0) is 69.0 Å². The number of aromatic nitrogens is 1. The number of nitrogens with zero attached hydrogens (tertiary/aromatic N) is 3. The number of aryl methyl sites for hydroxylation is 1. The molecule has 5 rings (SSSR count). The number of benzene rings is 2. The monoisotopic (exact) mass is 446 g/mol. The fourth-order valence-electron chi connectivity index (χ4n) is 4.97. The number of hydrogen-bond donors (Lipinski definition) is 1. The predicted molar refractivity (Wildman–Crippen MR) is 130 cm³/mol. The van der Waals surface area contributed by atoms with Crippen molar-refractivity contribution in [2.24, 2.45) is 0 Å². The molecule has 3 aromatic rings. The van der Waals surface area contributed by atoms with Crippen LogP contribution in [0.3, 0.4) is 0 Å². The van der Waals surface area contributed by atoms with E-state index >= 15 is 0 Å². The third-order valence-corrected chi connectivity index (χ3v) is 7.21. The molecule has 1 N–H and O–H groups in total. The van der Waals surface area contributed by atoms with E-state index in [1.165, 1.54) is 6.07 Å². The molecule has 2 aliphatic rings. The van der Waals surface area contributed by atoms with Crippen LogP contribution in [0.1, 0.15) is 48.2 Å². The maximum atomic E-state index is 14.3. The van der Waals surface area contributed by atoms with Crippen molar-refractivity contribution in [3.05, 3.63) is 71.2 Å². The Labute approximate surface area is 194 Å². The van der Waals surface area contributed by atoms with E-state index in [1.807, 2.05) is 31.2 Å². The molecule has 2 fully saturated rings. The molecule has 1 saturated carbocycles. The summed E-state index contributed by atoms with van der Waals surface area (Å²) in [4.78, 5) is 22.5. The molecule has 1 amide bonds. The van der Waals surface area contributed by atoms with Crippen molar-refractivity contribution >= 4 is 22.5 Å². The molecule has 1 saturated heterocycles. The van der Waals surface area contributed by atoms with Crippen LogP contribution in [0.15, 0.2) is 48.7 Å². The first-order valence-corrected chi connectivity index (χ1v) is 11.8. The number of carbonyl (C=O) groups is 1. The smallest absolute Gasteiger partial charge is 0.252 e. The van der Waals surface area contributed by atoms with Gasteiger partial charge in [0.1, 0.15) is 11.3 Å². The average Bonchev–Trinajstić information content (AvgIpc) is 3.60. The molecule has 0 bridgehead atoms. The van der Waals surface area contributed by atoms with E-state index in [0.29, 0.717) is 17.1 Å². The van der Waals surface area contributed by atoms with Gasteiger partial charge in [-0.25, -0.2) is 4.39 Å². The van der Waals surface area contributed by atoms with Crippen LogP contribution in [0.2, 0.25) is 0 Å². The molecule has 172 valence electrons. The maximum Gasteiger partial charge on any atom is 0.252 e. The van der Waals surface area contributed by atoms with Gasteiger partial charge in [-0.2, -0.15) is 0 Å². The van der Waals surface area contributed by atoms with E-state index in [0.717, 1.165) is 61.2 Å². The zero-order valence-electron chi connectivity index (χ0n) is 19.6. The Morgan fingerprint density at radius 2 is 1.85 bits per heavy atom. The quantitative estimate of drug-likeness (QED) is 0.621. The van der Waals surface area contributed by atoms with Gasteiger partial charge in [-0.1, -0.05) is 18.2 Å². The van der Waals surface area contributed by atoms with Gasteiger partial charge in [0.25, 0.3) is 5.91 Å². The highest BCUT2D eigenvalue weighted by molar-refractivity contribution is 5.98. The van der Waals surface area contributed by atoms with Crippen molar-refractivity contribution in [1.82, 2.24) is 15.2 Å². The van der Waals surface area contributed by atoms with Crippen molar-refractivity contribution in [3.8, 4) is 0 Å². The lowest BCUT2D eigenvalue weighted by Gasteiger charge is -2.38. The second-order valence-electron chi connectivity index (χ2n) is 9.65. The summed E-state index contributed by atoms with van der Waals surface area (Å²) in [6, 6.07) is 13.7. The topological polar surface area (TPSA) is 48.5 Å². The molecule has 0 radical (unpaired) electrons. The lowest BCUT2D eigenvalue weighted by atomic mass is 9.98. The van der Waals surface area contributed by atoms with Gasteiger partial charge in [0.05, 0.1) is 5.54 Å². The third kappa shape index (κ3) is 4.08. The molecular weight excluding hydrogens is 415 g/mol. The van der Waals surface area contributed by atoms with Crippen LogP contribution in [0, 0.1) is 12.7 Å². The van der Waals surface area contributed by atoms with Crippen LogP contribution in [0.4, 0.5) is 10.1 Å². The van der Waals surface area contributed by atoms with E-state index in [-0.39, 0.29) is 11.7 Å². The number of piperazine rings is 1. The zero-order chi connectivity index (χ0) is 23.2. The van der Waals surface area contributed by atoms with Gasteiger partial charge in [0.15, 0.2) is 0 Å². The highest BCUT2D eigenvalue weighted by Gasteiger charge is 2.47. The summed E-state index contributed by atoms with van der Waals surface area (Å²) >= 11 is 0. The summed E-state index contributed by atoms with van der Waals surface area (Å²) in [5, 5.41) is 4.06. The SMILES string of the molecule is Cc1ccc(N2CCN(C(C)C)CC2)cc1C(=O)NC1(c2ccc(F)c3ncccc23)CC1. The van der Waals surface area contributed by atoms with Crippen LogP contribution >= 0.6 is 0 Å². The summed E-state index contributed by atoms with van der Waals surface area (Å²) in [7, 11) is 0. The van der Waals surface area contributed by atoms with Crippen molar-refractivity contribution in [2.75, 3.05) is 31.1 Å². The molecule has 2 aromatic carbocycles. The Hall–Kier alpha value is -2.99. The van der Waals surface area contributed by atoms with Gasteiger partial charge in [0, 0.05) is 55.1 Å². The first-order chi connectivity index (χ1) is 15.9. The summed E-state index contributed by atoms with van der Waals surface area (Å²) in [6.45, 7) is 10.4. The van der Waals surface area contributed by atoms with Gasteiger partial charge >= 0.3 is 0 Å². The molecule has 1 aliphatic carbocycles. The Morgan fingerprint density at radius 1 is 1.09 bits per heavy atom. The fraction of sp³-hybridized carbons (Fsp3) is 0.407. The van der Waals surface area contributed by atoms with Crippen LogP contribution in [0.5, 0.6) is 0 Å². The molecule has 33 heavy (non-hydrogen) atoms. The van der Waals surface area contributed by atoms with Gasteiger partial charge in [-0.15, -0.1) is 0 Å². The molecule has 2 heterocycles. The van der Waals surface area contributed by atoms with Crippen molar-refractivity contribution < 1.29 is 9.18 Å². The minimum absolute atomic E-state index is 0.0750. The number of nitrogens with one attached hydrogen (secondary N) is 1. The molecule has 0 spiro atoms. The number of anilines is 1. The first kappa shape index (κ1) is 21.8. The summed E-state index contributed by atoms with van der Waals surface area (Å²) in [5.74, 6) is -0.411. The van der Waals surface area contributed by atoms with E-state index in [2.05, 4.69) is 40.0 Å². The number of carbonyl (C=O) groups excluding carboxylic acids is 1. The fourth-order valence-corrected chi connectivity index (χ4v) is 4.97. The maximum absolute atomic E-state index is 14.3. The minimum Gasteiger partial charge on any atom is -0.369 e. The normalized spacial score (nSPS) is 18.0. The standard InChI is InChI=1S/C27H31FN4O/c1-18(2)31-13-15-32(16-14-31)20-7-6-19(3)22(17-20)26(33)30-27(10-11-27)23-8-9-24(28)25-21(23)5-4-12-29-25/h4-9,12,17-18H,10-11,13-16H2,1-3H3,(H,30,33).